The second-order valence-electron chi connectivity index (χ2n) is 8.18. The number of benzene rings is 1. The molecule has 1 aliphatic rings. The summed E-state index contributed by atoms with van der Waals surface area (Å²) in [7, 11) is 0. The van der Waals surface area contributed by atoms with Crippen molar-refractivity contribution in [2.75, 3.05) is 55.7 Å². The van der Waals surface area contributed by atoms with Gasteiger partial charge in [0.1, 0.15) is 11.6 Å². The lowest BCUT2D eigenvalue weighted by Crippen LogP contribution is -2.49. The van der Waals surface area contributed by atoms with Crippen LogP contribution in [0.4, 0.5) is 11.6 Å². The number of nitrogens with zero attached hydrogens (tertiary/aromatic N) is 6. The fraction of sp³-hybridized carbons (Fsp3) is 0.333. The molecule has 37 heavy (non-hydrogen) atoms. The van der Waals surface area contributed by atoms with Crippen molar-refractivity contribution in [3.63, 3.8) is 0 Å². The second-order valence-corrected chi connectivity index (χ2v) is 9.80. The molecule has 0 unspecified atom stereocenters. The van der Waals surface area contributed by atoms with Crippen LogP contribution < -0.4 is 15.5 Å². The molecule has 1 aromatic carbocycles. The van der Waals surface area contributed by atoms with E-state index in [1.54, 1.807) is 17.0 Å². The number of thioether (sulfide) groups is 1. The van der Waals surface area contributed by atoms with Gasteiger partial charge in [0.2, 0.25) is 5.91 Å². The highest BCUT2D eigenvalue weighted by atomic mass is 35.5. The molecule has 0 spiro atoms. The monoisotopic (exact) mass is 560 g/mol. The van der Waals surface area contributed by atoms with Crippen LogP contribution in [0, 0.1) is 0 Å². The molecule has 3 heterocycles. The highest BCUT2D eigenvalue weighted by Gasteiger charge is 2.26. The zero-order chi connectivity index (χ0) is 26.4. The first kappa shape index (κ1) is 26.9. The third kappa shape index (κ3) is 7.00. The Kier molecular flexibility index (Phi) is 9.01. The number of anilines is 2. The summed E-state index contributed by atoms with van der Waals surface area (Å²) in [4.78, 5) is 46.0. The SMILES string of the molecule is CSc1ncc(Cl)c(C(=O)N2CCN(c3cc(NCCNC(C)=O)nc(-c4ccc(Cl)cc4)n3)CC2)n1. The van der Waals surface area contributed by atoms with Gasteiger partial charge in [-0.15, -0.1) is 0 Å². The van der Waals surface area contributed by atoms with Gasteiger partial charge in [0.25, 0.3) is 5.91 Å². The number of amides is 2. The van der Waals surface area contributed by atoms with E-state index in [0.29, 0.717) is 61.1 Å². The normalized spacial score (nSPS) is 13.4. The van der Waals surface area contributed by atoms with Crippen LogP contribution in [0.3, 0.4) is 0 Å². The number of hydrogen-bond acceptors (Lipinski definition) is 9. The van der Waals surface area contributed by atoms with Gasteiger partial charge in [0, 0.05) is 62.8 Å². The molecule has 2 amide bonds. The summed E-state index contributed by atoms with van der Waals surface area (Å²) >= 11 is 13.6. The van der Waals surface area contributed by atoms with Gasteiger partial charge in [-0.05, 0) is 30.5 Å². The number of carbonyl (C=O) groups excluding carboxylic acids is 2. The lowest BCUT2D eigenvalue weighted by atomic mass is 10.2. The lowest BCUT2D eigenvalue weighted by Gasteiger charge is -2.35. The number of piperazine rings is 1. The summed E-state index contributed by atoms with van der Waals surface area (Å²) in [6, 6.07) is 9.20. The van der Waals surface area contributed by atoms with Gasteiger partial charge in [0.15, 0.2) is 16.7 Å². The predicted molar refractivity (Wildman–Crippen MR) is 147 cm³/mol. The minimum atomic E-state index is -0.216. The molecule has 0 radical (unpaired) electrons. The summed E-state index contributed by atoms with van der Waals surface area (Å²) in [5.41, 5.74) is 1.04. The van der Waals surface area contributed by atoms with Crippen molar-refractivity contribution in [2.45, 2.75) is 12.1 Å². The quantitative estimate of drug-likeness (QED) is 0.242. The van der Waals surface area contributed by atoms with E-state index in [2.05, 4.69) is 30.5 Å². The maximum absolute atomic E-state index is 13.1. The minimum absolute atomic E-state index is 0.0904. The molecule has 1 saturated heterocycles. The van der Waals surface area contributed by atoms with Crippen molar-refractivity contribution in [3.8, 4) is 11.4 Å². The smallest absolute Gasteiger partial charge is 0.274 e. The van der Waals surface area contributed by atoms with Gasteiger partial charge in [-0.2, -0.15) is 0 Å². The highest BCUT2D eigenvalue weighted by Crippen LogP contribution is 2.25. The van der Waals surface area contributed by atoms with E-state index >= 15 is 0 Å². The second kappa shape index (κ2) is 12.4. The number of hydrogen-bond donors (Lipinski definition) is 2. The standard InChI is InChI=1S/C24H26Cl2N8O2S/c1-15(35)27-7-8-28-19-13-20(31-22(30-19)16-3-5-17(25)6-4-16)33-9-11-34(12-10-33)23(36)21-18(26)14-29-24(32-21)37-2/h3-6,13-14H,7-12H2,1-2H3,(H,27,35)(H,28,30,31). The van der Waals surface area contributed by atoms with E-state index in [1.165, 1.54) is 24.9 Å². The van der Waals surface area contributed by atoms with Gasteiger partial charge in [-0.25, -0.2) is 19.9 Å². The first-order valence-electron chi connectivity index (χ1n) is 11.6. The van der Waals surface area contributed by atoms with E-state index in [9.17, 15) is 9.59 Å². The van der Waals surface area contributed by atoms with E-state index in [-0.39, 0.29) is 22.5 Å². The summed E-state index contributed by atoms with van der Waals surface area (Å²) in [6.45, 7) is 4.58. The van der Waals surface area contributed by atoms with E-state index in [4.69, 9.17) is 28.2 Å². The molecule has 0 atom stereocenters. The number of nitrogens with one attached hydrogen (secondary N) is 2. The lowest BCUT2D eigenvalue weighted by molar-refractivity contribution is -0.118. The van der Waals surface area contributed by atoms with E-state index < -0.39 is 0 Å². The van der Waals surface area contributed by atoms with Crippen molar-refractivity contribution < 1.29 is 9.59 Å². The largest absolute Gasteiger partial charge is 0.368 e. The van der Waals surface area contributed by atoms with Crippen LogP contribution in [0.15, 0.2) is 41.7 Å². The van der Waals surface area contributed by atoms with Gasteiger partial charge >= 0.3 is 0 Å². The molecule has 3 aromatic rings. The molecule has 10 nitrogen and oxygen atoms in total. The average molecular weight is 561 g/mol. The predicted octanol–water partition coefficient (Wildman–Crippen LogP) is 3.47. The molecule has 2 N–H and O–H groups in total. The molecule has 1 aliphatic heterocycles. The molecule has 0 saturated carbocycles. The van der Waals surface area contributed by atoms with Gasteiger partial charge < -0.3 is 20.4 Å². The van der Waals surface area contributed by atoms with Crippen LogP contribution in [0.2, 0.25) is 10.0 Å². The van der Waals surface area contributed by atoms with Gasteiger partial charge in [-0.3, -0.25) is 9.59 Å². The van der Waals surface area contributed by atoms with Crippen molar-refractivity contribution in [1.82, 2.24) is 30.2 Å². The molecule has 2 aromatic heterocycles. The first-order valence-corrected chi connectivity index (χ1v) is 13.6. The average Bonchev–Trinajstić information content (AvgIpc) is 2.91. The number of aromatic nitrogens is 4. The summed E-state index contributed by atoms with van der Waals surface area (Å²) in [5, 5.41) is 7.38. The Morgan fingerprint density at radius 2 is 1.76 bits per heavy atom. The van der Waals surface area contributed by atoms with Crippen LogP contribution in [0.1, 0.15) is 17.4 Å². The maximum atomic E-state index is 13.1. The molecular weight excluding hydrogens is 535 g/mol. The Labute approximate surface area is 229 Å². The number of halogens is 2. The zero-order valence-corrected chi connectivity index (χ0v) is 22.7. The Morgan fingerprint density at radius 1 is 1.03 bits per heavy atom. The highest BCUT2D eigenvalue weighted by molar-refractivity contribution is 7.98. The summed E-state index contributed by atoms with van der Waals surface area (Å²) in [6.07, 6.45) is 3.31. The molecule has 1 fully saturated rings. The molecule has 4 rings (SSSR count). The molecular formula is C24H26Cl2N8O2S. The zero-order valence-electron chi connectivity index (χ0n) is 20.4. The molecule has 194 valence electrons. The van der Waals surface area contributed by atoms with Crippen molar-refractivity contribution in [2.24, 2.45) is 0 Å². The number of rotatable bonds is 8. The van der Waals surface area contributed by atoms with Crippen LogP contribution in [0.25, 0.3) is 11.4 Å². The third-order valence-electron chi connectivity index (χ3n) is 5.62. The Balaban J connectivity index is 1.50. The fourth-order valence-electron chi connectivity index (χ4n) is 3.73. The number of carbonyl (C=O) groups is 2. The van der Waals surface area contributed by atoms with Crippen molar-refractivity contribution in [1.29, 1.82) is 0 Å². The van der Waals surface area contributed by atoms with Crippen LogP contribution in [0.5, 0.6) is 0 Å². The van der Waals surface area contributed by atoms with Gasteiger partial charge in [-0.1, -0.05) is 35.0 Å². The van der Waals surface area contributed by atoms with E-state index in [1.807, 2.05) is 24.5 Å². The maximum Gasteiger partial charge on any atom is 0.274 e. The Hall–Kier alpha value is -3.15. The minimum Gasteiger partial charge on any atom is -0.368 e. The fourth-order valence-corrected chi connectivity index (χ4v) is 4.37. The Bertz CT molecular complexity index is 1270. The summed E-state index contributed by atoms with van der Waals surface area (Å²) in [5.74, 6) is 1.61. The molecule has 0 aliphatic carbocycles. The van der Waals surface area contributed by atoms with E-state index in [0.717, 1.165) is 11.4 Å². The first-order chi connectivity index (χ1) is 17.8. The molecule has 13 heteroatoms. The van der Waals surface area contributed by atoms with Gasteiger partial charge in [0.05, 0.1) is 11.2 Å². The van der Waals surface area contributed by atoms with Crippen LogP contribution in [-0.4, -0.2) is 82.2 Å². The van der Waals surface area contributed by atoms with Crippen LogP contribution in [-0.2, 0) is 4.79 Å². The third-order valence-corrected chi connectivity index (χ3v) is 6.71. The molecule has 0 bridgehead atoms. The van der Waals surface area contributed by atoms with Crippen LogP contribution >= 0.6 is 35.0 Å². The summed E-state index contributed by atoms with van der Waals surface area (Å²) < 4.78 is 0. The Morgan fingerprint density at radius 3 is 2.43 bits per heavy atom. The van der Waals surface area contributed by atoms with Crippen molar-refractivity contribution >= 4 is 58.4 Å². The topological polar surface area (TPSA) is 116 Å². The van der Waals surface area contributed by atoms with Crippen molar-refractivity contribution in [3.05, 3.63) is 52.3 Å².